The number of halogens is 2. The van der Waals surface area contributed by atoms with Crippen molar-refractivity contribution in [2.24, 2.45) is 0 Å². The molecule has 0 spiro atoms. The van der Waals surface area contributed by atoms with E-state index in [-0.39, 0.29) is 0 Å². The van der Waals surface area contributed by atoms with Gasteiger partial charge in [0.05, 0.1) is 0 Å². The highest BCUT2D eigenvalue weighted by atomic mass is 79.9. The first kappa shape index (κ1) is 17.3. The zero-order valence-electron chi connectivity index (χ0n) is 12.9. The highest BCUT2D eigenvalue weighted by Crippen LogP contribution is 2.24. The summed E-state index contributed by atoms with van der Waals surface area (Å²) in [4.78, 5) is 0. The Hall–Kier alpha value is -1.03. The van der Waals surface area contributed by atoms with Gasteiger partial charge in [0.2, 0.25) is 0 Å². The fourth-order valence-corrected chi connectivity index (χ4v) is 2.53. The molecule has 0 aliphatic rings. The van der Waals surface area contributed by atoms with E-state index < -0.39 is 0 Å². The number of benzene rings is 2. The molecule has 0 saturated heterocycles. The molecule has 1 N–H and O–H groups in total. The molecule has 0 aliphatic carbocycles. The molecule has 22 heavy (non-hydrogen) atoms. The van der Waals surface area contributed by atoms with E-state index in [9.17, 15) is 0 Å². The van der Waals surface area contributed by atoms with Gasteiger partial charge in [-0.2, -0.15) is 0 Å². The summed E-state index contributed by atoms with van der Waals surface area (Å²) in [5.74, 6) is 0.911. The SMILES string of the molecule is CC[C@@H](C)NCc1cc(Br)ccc1OCc1ccc(Cl)cc1. The quantitative estimate of drug-likeness (QED) is 0.676. The van der Waals surface area contributed by atoms with Crippen LogP contribution in [0.2, 0.25) is 5.02 Å². The average molecular weight is 383 g/mol. The highest BCUT2D eigenvalue weighted by Gasteiger charge is 2.07. The van der Waals surface area contributed by atoms with Crippen molar-refractivity contribution >= 4 is 27.5 Å². The Bertz CT molecular complexity index is 601. The summed E-state index contributed by atoms with van der Waals surface area (Å²) in [6, 6.07) is 14.3. The zero-order chi connectivity index (χ0) is 15.9. The Morgan fingerprint density at radius 1 is 1.18 bits per heavy atom. The second-order valence-electron chi connectivity index (χ2n) is 5.36. The third-order valence-electron chi connectivity index (χ3n) is 3.58. The van der Waals surface area contributed by atoms with E-state index in [1.54, 1.807) is 0 Å². The van der Waals surface area contributed by atoms with Gasteiger partial charge in [0.25, 0.3) is 0 Å². The van der Waals surface area contributed by atoms with Crippen LogP contribution >= 0.6 is 27.5 Å². The van der Waals surface area contributed by atoms with Gasteiger partial charge >= 0.3 is 0 Å². The van der Waals surface area contributed by atoms with Crippen LogP contribution in [0.5, 0.6) is 5.75 Å². The lowest BCUT2D eigenvalue weighted by Crippen LogP contribution is -2.24. The summed E-state index contributed by atoms with van der Waals surface area (Å²) < 4.78 is 7.04. The van der Waals surface area contributed by atoms with Crippen LogP contribution in [0, 0.1) is 0 Å². The summed E-state index contributed by atoms with van der Waals surface area (Å²) in [6.45, 7) is 5.70. The molecule has 2 rings (SSSR count). The lowest BCUT2D eigenvalue weighted by atomic mass is 10.1. The molecule has 1 atom stereocenters. The number of hydrogen-bond acceptors (Lipinski definition) is 2. The van der Waals surface area contributed by atoms with Crippen LogP contribution in [-0.2, 0) is 13.2 Å². The Balaban J connectivity index is 2.04. The predicted molar refractivity (Wildman–Crippen MR) is 96.5 cm³/mol. The number of rotatable bonds is 7. The molecule has 0 fully saturated rings. The van der Waals surface area contributed by atoms with E-state index in [0.717, 1.165) is 39.3 Å². The van der Waals surface area contributed by atoms with Crippen molar-refractivity contribution in [2.75, 3.05) is 0 Å². The smallest absolute Gasteiger partial charge is 0.124 e. The van der Waals surface area contributed by atoms with Crippen molar-refractivity contribution in [3.8, 4) is 5.75 Å². The molecule has 0 amide bonds. The molecular weight excluding hydrogens is 362 g/mol. The third kappa shape index (κ3) is 5.31. The molecule has 0 radical (unpaired) electrons. The molecule has 0 aliphatic heterocycles. The first-order valence-electron chi connectivity index (χ1n) is 7.47. The normalized spacial score (nSPS) is 12.2. The fourth-order valence-electron chi connectivity index (χ4n) is 2.00. The first-order chi connectivity index (χ1) is 10.6. The Morgan fingerprint density at radius 2 is 1.91 bits per heavy atom. The maximum absolute atomic E-state index is 5.98. The molecule has 118 valence electrons. The van der Waals surface area contributed by atoms with E-state index in [1.807, 2.05) is 36.4 Å². The maximum atomic E-state index is 5.98. The van der Waals surface area contributed by atoms with E-state index in [2.05, 4.69) is 41.2 Å². The molecule has 0 bridgehead atoms. The summed E-state index contributed by atoms with van der Waals surface area (Å²) in [5, 5.41) is 4.25. The van der Waals surface area contributed by atoms with Gasteiger partial charge in [-0.25, -0.2) is 0 Å². The largest absolute Gasteiger partial charge is 0.489 e. The lowest BCUT2D eigenvalue weighted by molar-refractivity contribution is 0.301. The molecule has 0 saturated carbocycles. The monoisotopic (exact) mass is 381 g/mol. The number of ether oxygens (including phenoxy) is 1. The molecule has 0 heterocycles. The van der Waals surface area contributed by atoms with Crippen molar-refractivity contribution in [3.63, 3.8) is 0 Å². The molecular formula is C18H21BrClNO. The third-order valence-corrected chi connectivity index (χ3v) is 4.33. The van der Waals surface area contributed by atoms with Crippen LogP contribution < -0.4 is 10.1 Å². The van der Waals surface area contributed by atoms with Gasteiger partial charge in [-0.05, 0) is 49.2 Å². The second kappa shape index (κ2) is 8.56. The van der Waals surface area contributed by atoms with Crippen LogP contribution in [-0.4, -0.2) is 6.04 Å². The van der Waals surface area contributed by atoms with Crippen LogP contribution in [0.15, 0.2) is 46.9 Å². The van der Waals surface area contributed by atoms with E-state index in [1.165, 1.54) is 0 Å². The first-order valence-corrected chi connectivity index (χ1v) is 8.64. The zero-order valence-corrected chi connectivity index (χ0v) is 15.2. The number of nitrogens with one attached hydrogen (secondary N) is 1. The van der Waals surface area contributed by atoms with E-state index >= 15 is 0 Å². The highest BCUT2D eigenvalue weighted by molar-refractivity contribution is 9.10. The molecule has 2 aromatic carbocycles. The van der Waals surface area contributed by atoms with E-state index in [4.69, 9.17) is 16.3 Å². The van der Waals surface area contributed by atoms with Crippen molar-refractivity contribution < 1.29 is 4.74 Å². The minimum absolute atomic E-state index is 0.489. The standard InChI is InChI=1S/C18H21BrClNO/c1-3-13(2)21-11-15-10-16(19)6-9-18(15)22-12-14-4-7-17(20)8-5-14/h4-10,13,21H,3,11-12H2,1-2H3/t13-/m1/s1. The van der Waals surface area contributed by atoms with Gasteiger partial charge in [0.15, 0.2) is 0 Å². The van der Waals surface area contributed by atoms with Crippen LogP contribution in [0.4, 0.5) is 0 Å². The Labute approximate surface area is 146 Å². The average Bonchev–Trinajstić information content (AvgIpc) is 2.53. The van der Waals surface area contributed by atoms with Gasteiger partial charge < -0.3 is 10.1 Å². The lowest BCUT2D eigenvalue weighted by Gasteiger charge is -2.15. The van der Waals surface area contributed by atoms with Crippen molar-refractivity contribution in [1.82, 2.24) is 5.32 Å². The van der Waals surface area contributed by atoms with Gasteiger partial charge in [0, 0.05) is 27.6 Å². The molecule has 2 nitrogen and oxygen atoms in total. The van der Waals surface area contributed by atoms with Crippen molar-refractivity contribution in [3.05, 3.63) is 63.1 Å². The molecule has 0 unspecified atom stereocenters. The Morgan fingerprint density at radius 3 is 2.59 bits per heavy atom. The number of hydrogen-bond donors (Lipinski definition) is 1. The van der Waals surface area contributed by atoms with Crippen molar-refractivity contribution in [1.29, 1.82) is 0 Å². The molecule has 4 heteroatoms. The van der Waals surface area contributed by atoms with Crippen LogP contribution in [0.3, 0.4) is 0 Å². The summed E-state index contributed by atoms with van der Waals surface area (Å²) in [6.07, 6.45) is 1.11. The second-order valence-corrected chi connectivity index (χ2v) is 6.71. The topological polar surface area (TPSA) is 21.3 Å². The fraction of sp³-hybridized carbons (Fsp3) is 0.333. The van der Waals surface area contributed by atoms with Gasteiger partial charge in [-0.15, -0.1) is 0 Å². The van der Waals surface area contributed by atoms with Gasteiger partial charge in [-0.3, -0.25) is 0 Å². The summed E-state index contributed by atoms with van der Waals surface area (Å²) in [5.41, 5.74) is 2.26. The summed E-state index contributed by atoms with van der Waals surface area (Å²) >= 11 is 9.43. The van der Waals surface area contributed by atoms with Crippen LogP contribution in [0.1, 0.15) is 31.4 Å². The molecule has 2 aromatic rings. The van der Waals surface area contributed by atoms with E-state index in [0.29, 0.717) is 12.6 Å². The van der Waals surface area contributed by atoms with Crippen LogP contribution in [0.25, 0.3) is 0 Å². The minimum atomic E-state index is 0.489. The summed E-state index contributed by atoms with van der Waals surface area (Å²) in [7, 11) is 0. The Kier molecular flexibility index (Phi) is 6.74. The molecule has 0 aromatic heterocycles. The predicted octanol–water partition coefficient (Wildman–Crippen LogP) is 5.57. The maximum Gasteiger partial charge on any atom is 0.124 e. The van der Waals surface area contributed by atoms with Crippen molar-refractivity contribution in [2.45, 2.75) is 39.5 Å². The minimum Gasteiger partial charge on any atom is -0.489 e. The van der Waals surface area contributed by atoms with Gasteiger partial charge in [0.1, 0.15) is 12.4 Å². The van der Waals surface area contributed by atoms with Gasteiger partial charge in [-0.1, -0.05) is 46.6 Å².